The topological polar surface area (TPSA) is 41.9 Å². The molecule has 136 valence electrons. The number of rotatable bonds is 3. The summed E-state index contributed by atoms with van der Waals surface area (Å²) >= 11 is 1.81. The molecule has 26 heavy (non-hydrogen) atoms. The van der Waals surface area contributed by atoms with Crippen LogP contribution in [0.25, 0.3) is 20.4 Å². The third-order valence-electron chi connectivity index (χ3n) is 6.10. The van der Waals surface area contributed by atoms with Crippen molar-refractivity contribution in [1.82, 2.24) is 15.0 Å². The summed E-state index contributed by atoms with van der Waals surface area (Å²) in [7, 11) is 0. The van der Waals surface area contributed by atoms with E-state index in [1.165, 1.54) is 70.3 Å². The van der Waals surface area contributed by atoms with Crippen LogP contribution in [-0.4, -0.2) is 27.5 Å². The van der Waals surface area contributed by atoms with Crippen molar-refractivity contribution in [3.05, 3.63) is 23.1 Å². The minimum Gasteiger partial charge on any atom is -0.353 e. The minimum atomic E-state index is 0.557. The fraction of sp³-hybridized carbons (Fsp3) is 0.571. The number of aromatic nitrogens is 3. The Kier molecular flexibility index (Phi) is 4.07. The Morgan fingerprint density at radius 3 is 2.88 bits per heavy atom. The van der Waals surface area contributed by atoms with Gasteiger partial charge in [-0.2, -0.15) is 0 Å². The maximum atomic E-state index is 5.11. The standard InChI is InChI=1S/C21H26N4S/c1-3-7-16-14-9-6-10-15(14)17-18-19(26-21(17)24-16)20(23-12-22-18)25-11-5-4-8-13(25)2/h12-13H,3-11H2,1-2H3/t13-/m1/s1. The van der Waals surface area contributed by atoms with Gasteiger partial charge in [-0.15, -0.1) is 11.3 Å². The molecule has 0 N–H and O–H groups in total. The van der Waals surface area contributed by atoms with E-state index in [4.69, 9.17) is 15.0 Å². The molecule has 0 bridgehead atoms. The van der Waals surface area contributed by atoms with Crippen molar-refractivity contribution in [2.75, 3.05) is 11.4 Å². The second-order valence-electron chi connectivity index (χ2n) is 7.81. The quantitative estimate of drug-likeness (QED) is 0.650. The van der Waals surface area contributed by atoms with Crippen LogP contribution in [0.4, 0.5) is 5.82 Å². The van der Waals surface area contributed by atoms with Crippen LogP contribution >= 0.6 is 11.3 Å². The van der Waals surface area contributed by atoms with E-state index in [1.54, 1.807) is 6.33 Å². The predicted molar refractivity (Wildman–Crippen MR) is 109 cm³/mol. The molecule has 0 aromatic carbocycles. The second-order valence-corrected chi connectivity index (χ2v) is 8.81. The molecule has 1 aliphatic heterocycles. The molecule has 1 saturated heterocycles. The van der Waals surface area contributed by atoms with Crippen molar-refractivity contribution in [2.45, 2.75) is 71.3 Å². The van der Waals surface area contributed by atoms with Crippen molar-refractivity contribution in [1.29, 1.82) is 0 Å². The molecule has 5 heteroatoms. The van der Waals surface area contributed by atoms with Crippen molar-refractivity contribution in [3.63, 3.8) is 0 Å². The van der Waals surface area contributed by atoms with Gasteiger partial charge in [-0.25, -0.2) is 15.0 Å². The molecule has 3 aromatic rings. The number of pyridine rings is 1. The van der Waals surface area contributed by atoms with Gasteiger partial charge in [0, 0.05) is 23.7 Å². The lowest BCUT2D eigenvalue weighted by Crippen LogP contribution is -2.38. The first-order valence-corrected chi connectivity index (χ1v) is 10.9. The summed E-state index contributed by atoms with van der Waals surface area (Å²) in [6.45, 7) is 5.68. The SMILES string of the molecule is CCCc1nc2sc3c(N4CCCC[C@H]4C)ncnc3c2c2c1CCC2. The highest BCUT2D eigenvalue weighted by Gasteiger charge is 2.27. The maximum absolute atomic E-state index is 5.11. The lowest BCUT2D eigenvalue weighted by Gasteiger charge is -2.34. The summed E-state index contributed by atoms with van der Waals surface area (Å²) in [5.41, 5.74) is 5.52. The number of piperidine rings is 1. The minimum absolute atomic E-state index is 0.557. The van der Waals surface area contributed by atoms with Gasteiger partial charge in [-0.3, -0.25) is 0 Å². The lowest BCUT2D eigenvalue weighted by molar-refractivity contribution is 0.482. The zero-order valence-electron chi connectivity index (χ0n) is 15.7. The Bertz CT molecular complexity index is 977. The van der Waals surface area contributed by atoms with Crippen LogP contribution in [0.5, 0.6) is 0 Å². The molecule has 0 unspecified atom stereocenters. The molecule has 4 heterocycles. The van der Waals surface area contributed by atoms with Gasteiger partial charge < -0.3 is 4.90 Å². The Labute approximate surface area is 158 Å². The molecule has 5 rings (SSSR count). The van der Waals surface area contributed by atoms with Gasteiger partial charge >= 0.3 is 0 Å². The van der Waals surface area contributed by atoms with Crippen molar-refractivity contribution >= 4 is 37.6 Å². The van der Waals surface area contributed by atoms with E-state index in [9.17, 15) is 0 Å². The Morgan fingerprint density at radius 1 is 1.15 bits per heavy atom. The van der Waals surface area contributed by atoms with E-state index in [-0.39, 0.29) is 0 Å². The molecule has 4 nitrogen and oxygen atoms in total. The molecule has 0 saturated carbocycles. The van der Waals surface area contributed by atoms with Gasteiger partial charge in [-0.1, -0.05) is 13.3 Å². The van der Waals surface area contributed by atoms with Crippen LogP contribution in [0.3, 0.4) is 0 Å². The maximum Gasteiger partial charge on any atom is 0.150 e. The molecular weight excluding hydrogens is 340 g/mol. The first-order valence-electron chi connectivity index (χ1n) is 10.1. The van der Waals surface area contributed by atoms with Crippen LogP contribution in [-0.2, 0) is 19.3 Å². The number of nitrogens with zero attached hydrogens (tertiary/aromatic N) is 4. The molecule has 0 amide bonds. The smallest absolute Gasteiger partial charge is 0.150 e. The van der Waals surface area contributed by atoms with E-state index in [1.807, 2.05) is 11.3 Å². The Hall–Kier alpha value is -1.75. The lowest BCUT2D eigenvalue weighted by atomic mass is 10.0. The van der Waals surface area contributed by atoms with Gasteiger partial charge in [0.25, 0.3) is 0 Å². The summed E-state index contributed by atoms with van der Waals surface area (Å²) in [5, 5.41) is 1.32. The monoisotopic (exact) mass is 366 g/mol. The van der Waals surface area contributed by atoms with E-state index >= 15 is 0 Å². The highest BCUT2D eigenvalue weighted by atomic mass is 32.1. The predicted octanol–water partition coefficient (Wildman–Crippen LogP) is 5.06. The Balaban J connectivity index is 1.76. The molecule has 0 radical (unpaired) electrons. The highest BCUT2D eigenvalue weighted by Crippen LogP contribution is 2.42. The third-order valence-corrected chi connectivity index (χ3v) is 7.17. The van der Waals surface area contributed by atoms with Crippen LogP contribution in [0.15, 0.2) is 6.33 Å². The molecule has 3 aromatic heterocycles. The number of hydrogen-bond donors (Lipinski definition) is 0. The molecule has 2 aliphatic rings. The largest absolute Gasteiger partial charge is 0.353 e. The summed E-state index contributed by atoms with van der Waals surface area (Å²) in [6, 6.07) is 0.557. The van der Waals surface area contributed by atoms with Crippen LogP contribution < -0.4 is 4.90 Å². The fourth-order valence-electron chi connectivity index (χ4n) is 4.83. The van der Waals surface area contributed by atoms with E-state index in [2.05, 4.69) is 18.7 Å². The van der Waals surface area contributed by atoms with Crippen LogP contribution in [0.2, 0.25) is 0 Å². The van der Waals surface area contributed by atoms with Crippen molar-refractivity contribution < 1.29 is 0 Å². The third kappa shape index (κ3) is 2.43. The first-order chi connectivity index (χ1) is 12.8. The summed E-state index contributed by atoms with van der Waals surface area (Å²) < 4.78 is 1.24. The summed E-state index contributed by atoms with van der Waals surface area (Å²) in [4.78, 5) is 18.2. The number of hydrogen-bond acceptors (Lipinski definition) is 5. The average molecular weight is 367 g/mol. The normalized spacial score (nSPS) is 20.2. The van der Waals surface area contributed by atoms with Crippen LogP contribution in [0.1, 0.15) is 62.8 Å². The molecular formula is C21H26N4S. The first kappa shape index (κ1) is 16.4. The highest BCUT2D eigenvalue weighted by molar-refractivity contribution is 7.26. The number of thiophene rings is 1. The zero-order chi connectivity index (χ0) is 17.7. The number of anilines is 1. The van der Waals surface area contributed by atoms with E-state index < -0.39 is 0 Å². The molecule has 0 spiro atoms. The van der Waals surface area contributed by atoms with Gasteiger partial charge in [0.1, 0.15) is 17.0 Å². The van der Waals surface area contributed by atoms with Crippen molar-refractivity contribution in [3.8, 4) is 0 Å². The van der Waals surface area contributed by atoms with Gasteiger partial charge in [0.15, 0.2) is 0 Å². The molecule has 1 atom stereocenters. The summed E-state index contributed by atoms with van der Waals surface area (Å²) in [6.07, 6.45) is 11.5. The van der Waals surface area contributed by atoms with Gasteiger partial charge in [0.05, 0.1) is 10.2 Å². The Morgan fingerprint density at radius 2 is 2.04 bits per heavy atom. The number of fused-ring (bicyclic) bond motifs is 5. The van der Waals surface area contributed by atoms with E-state index in [0.717, 1.165) is 30.7 Å². The van der Waals surface area contributed by atoms with E-state index in [0.29, 0.717) is 6.04 Å². The molecule has 1 aliphatic carbocycles. The zero-order valence-corrected chi connectivity index (χ0v) is 16.5. The fourth-order valence-corrected chi connectivity index (χ4v) is 6.01. The van der Waals surface area contributed by atoms with Gasteiger partial charge in [0.2, 0.25) is 0 Å². The average Bonchev–Trinajstić information content (AvgIpc) is 3.26. The summed E-state index contributed by atoms with van der Waals surface area (Å²) in [5.74, 6) is 1.13. The molecule has 1 fully saturated rings. The van der Waals surface area contributed by atoms with Crippen molar-refractivity contribution in [2.24, 2.45) is 0 Å². The van der Waals surface area contributed by atoms with Crippen LogP contribution in [0, 0.1) is 0 Å². The van der Waals surface area contributed by atoms with Gasteiger partial charge in [-0.05, 0) is 63.0 Å². The second kappa shape index (κ2) is 6.45. The number of aryl methyl sites for hydroxylation is 2.